The lowest BCUT2D eigenvalue weighted by Gasteiger charge is -2.16. The number of hydrogen-bond donors (Lipinski definition) is 1. The molecular weight excluding hydrogens is 290 g/mol. The molecule has 1 atom stereocenters. The summed E-state index contributed by atoms with van der Waals surface area (Å²) in [6.45, 7) is 1.93. The Labute approximate surface area is 126 Å². The quantitative estimate of drug-likeness (QED) is 0.674. The number of anilines is 1. The van der Waals surface area contributed by atoms with Gasteiger partial charge in [0.2, 0.25) is 0 Å². The highest BCUT2D eigenvalue weighted by molar-refractivity contribution is 6.31. The zero-order chi connectivity index (χ0) is 15.4. The molecule has 21 heavy (non-hydrogen) atoms. The van der Waals surface area contributed by atoms with Crippen molar-refractivity contribution in [3.8, 4) is 6.07 Å². The fourth-order valence-electron chi connectivity index (χ4n) is 1.92. The predicted molar refractivity (Wildman–Crippen MR) is 81.3 cm³/mol. The van der Waals surface area contributed by atoms with Gasteiger partial charge in [0, 0.05) is 23.9 Å². The average Bonchev–Trinajstić information content (AvgIpc) is 2.49. The number of benzene rings is 2. The van der Waals surface area contributed by atoms with Gasteiger partial charge in [-0.25, -0.2) is 0 Å². The van der Waals surface area contributed by atoms with E-state index in [0.717, 1.165) is 11.3 Å². The zero-order valence-corrected chi connectivity index (χ0v) is 12.0. The van der Waals surface area contributed by atoms with Crippen molar-refractivity contribution in [3.63, 3.8) is 0 Å². The highest BCUT2D eigenvalue weighted by atomic mass is 35.5. The molecule has 0 aliphatic rings. The van der Waals surface area contributed by atoms with Crippen LogP contribution in [0, 0.1) is 21.4 Å². The molecule has 0 spiro atoms. The van der Waals surface area contributed by atoms with Crippen LogP contribution in [0.5, 0.6) is 0 Å². The van der Waals surface area contributed by atoms with Crippen LogP contribution in [0.1, 0.15) is 24.1 Å². The van der Waals surface area contributed by atoms with Gasteiger partial charge in [0.05, 0.1) is 15.5 Å². The Kier molecular flexibility index (Phi) is 4.41. The summed E-state index contributed by atoms with van der Waals surface area (Å²) in [4.78, 5) is 10.2. The number of nitro groups is 1. The van der Waals surface area contributed by atoms with E-state index in [1.54, 1.807) is 30.3 Å². The smallest absolute Gasteiger partial charge is 0.269 e. The van der Waals surface area contributed by atoms with Crippen molar-refractivity contribution < 1.29 is 4.92 Å². The Morgan fingerprint density at radius 2 is 1.95 bits per heavy atom. The van der Waals surface area contributed by atoms with E-state index in [1.165, 1.54) is 12.1 Å². The van der Waals surface area contributed by atoms with E-state index in [9.17, 15) is 10.1 Å². The van der Waals surface area contributed by atoms with Gasteiger partial charge in [0.15, 0.2) is 0 Å². The largest absolute Gasteiger partial charge is 0.378 e. The summed E-state index contributed by atoms with van der Waals surface area (Å²) in [5.74, 6) is 0. The normalized spacial score (nSPS) is 11.5. The van der Waals surface area contributed by atoms with Crippen molar-refractivity contribution in [3.05, 3.63) is 68.7 Å². The van der Waals surface area contributed by atoms with Gasteiger partial charge in [-0.05, 0) is 30.7 Å². The molecule has 1 N–H and O–H groups in total. The zero-order valence-electron chi connectivity index (χ0n) is 11.2. The topological polar surface area (TPSA) is 79.0 Å². The summed E-state index contributed by atoms with van der Waals surface area (Å²) >= 11 is 5.88. The molecule has 0 saturated carbocycles. The first-order valence-electron chi connectivity index (χ1n) is 6.22. The Morgan fingerprint density at radius 1 is 1.29 bits per heavy atom. The first-order chi connectivity index (χ1) is 10.0. The lowest BCUT2D eigenvalue weighted by molar-refractivity contribution is -0.384. The molecular formula is C15H12ClN3O2. The van der Waals surface area contributed by atoms with Gasteiger partial charge in [-0.15, -0.1) is 0 Å². The highest BCUT2D eigenvalue weighted by Crippen LogP contribution is 2.24. The molecule has 0 aliphatic carbocycles. The van der Waals surface area contributed by atoms with Crippen LogP contribution in [0.25, 0.3) is 0 Å². The van der Waals surface area contributed by atoms with E-state index in [4.69, 9.17) is 16.9 Å². The van der Waals surface area contributed by atoms with E-state index >= 15 is 0 Å². The summed E-state index contributed by atoms with van der Waals surface area (Å²) < 4.78 is 0. The van der Waals surface area contributed by atoms with E-state index in [-0.39, 0.29) is 11.7 Å². The molecule has 2 rings (SSSR count). The predicted octanol–water partition coefficient (Wildman–Crippen LogP) is 4.29. The van der Waals surface area contributed by atoms with Gasteiger partial charge < -0.3 is 5.32 Å². The second-order valence-corrected chi connectivity index (χ2v) is 4.93. The number of rotatable bonds is 4. The number of nitro benzene ring substituents is 1. The van der Waals surface area contributed by atoms with E-state index in [1.807, 2.05) is 13.0 Å². The summed E-state index contributed by atoms with van der Waals surface area (Å²) in [5.41, 5.74) is 2.14. The number of halogens is 1. The number of nitrogens with zero attached hydrogens (tertiary/aromatic N) is 2. The Bertz CT molecular complexity index is 708. The fraction of sp³-hybridized carbons (Fsp3) is 0.133. The van der Waals surface area contributed by atoms with Crippen LogP contribution in [-0.2, 0) is 0 Å². The first kappa shape index (κ1) is 14.8. The number of non-ortho nitro benzene ring substituents is 1. The van der Waals surface area contributed by atoms with Crippen LogP contribution in [0.15, 0.2) is 42.5 Å². The molecule has 0 fully saturated rings. The standard InChI is InChI=1S/C15H12ClN3O2/c1-10(11-2-5-14(6-3-11)19(20)21)18-13-4-7-15(16)12(8-13)9-17/h2-8,10,18H,1H3. The summed E-state index contributed by atoms with van der Waals surface area (Å²) in [7, 11) is 0. The first-order valence-corrected chi connectivity index (χ1v) is 6.59. The summed E-state index contributed by atoms with van der Waals surface area (Å²) in [6.07, 6.45) is 0. The fourth-order valence-corrected chi connectivity index (χ4v) is 2.08. The summed E-state index contributed by atoms with van der Waals surface area (Å²) in [6, 6.07) is 13.4. The Hall–Kier alpha value is -2.58. The van der Waals surface area contributed by atoms with Gasteiger partial charge in [-0.3, -0.25) is 10.1 Å². The summed E-state index contributed by atoms with van der Waals surface area (Å²) in [5, 5.41) is 23.2. The molecule has 106 valence electrons. The SMILES string of the molecule is CC(Nc1ccc(Cl)c(C#N)c1)c1ccc([N+](=O)[O-])cc1. The van der Waals surface area contributed by atoms with E-state index in [2.05, 4.69) is 5.32 Å². The lowest BCUT2D eigenvalue weighted by atomic mass is 10.1. The lowest BCUT2D eigenvalue weighted by Crippen LogP contribution is -2.06. The molecule has 2 aromatic rings. The minimum absolute atomic E-state index is 0.0569. The van der Waals surface area contributed by atoms with Gasteiger partial charge >= 0.3 is 0 Å². The van der Waals surface area contributed by atoms with Crippen LogP contribution < -0.4 is 5.32 Å². The maximum Gasteiger partial charge on any atom is 0.269 e. The van der Waals surface area contributed by atoms with Crippen molar-refractivity contribution in [2.45, 2.75) is 13.0 Å². The highest BCUT2D eigenvalue weighted by Gasteiger charge is 2.10. The van der Waals surface area contributed by atoms with Crippen LogP contribution in [-0.4, -0.2) is 4.92 Å². The molecule has 0 radical (unpaired) electrons. The van der Waals surface area contributed by atoms with Crippen molar-refractivity contribution in [1.82, 2.24) is 0 Å². The van der Waals surface area contributed by atoms with Crippen LogP contribution in [0.3, 0.4) is 0 Å². The second kappa shape index (κ2) is 6.25. The van der Waals surface area contributed by atoms with Crippen molar-refractivity contribution in [1.29, 1.82) is 5.26 Å². The third kappa shape index (κ3) is 3.50. The maximum atomic E-state index is 10.6. The van der Waals surface area contributed by atoms with Crippen LogP contribution in [0.2, 0.25) is 5.02 Å². The molecule has 0 aliphatic heterocycles. The molecule has 0 heterocycles. The van der Waals surface area contributed by atoms with Gasteiger partial charge in [-0.1, -0.05) is 23.7 Å². The molecule has 6 heteroatoms. The molecule has 5 nitrogen and oxygen atoms in total. The van der Waals surface area contributed by atoms with Gasteiger partial charge in [0.1, 0.15) is 6.07 Å². The maximum absolute atomic E-state index is 10.6. The third-order valence-electron chi connectivity index (χ3n) is 3.07. The van der Waals surface area contributed by atoms with E-state index in [0.29, 0.717) is 10.6 Å². The molecule has 0 aromatic heterocycles. The number of nitriles is 1. The minimum Gasteiger partial charge on any atom is -0.378 e. The molecule has 0 amide bonds. The third-order valence-corrected chi connectivity index (χ3v) is 3.40. The van der Waals surface area contributed by atoms with Gasteiger partial charge in [-0.2, -0.15) is 5.26 Å². The van der Waals surface area contributed by atoms with Crippen LogP contribution >= 0.6 is 11.6 Å². The Morgan fingerprint density at radius 3 is 2.52 bits per heavy atom. The average molecular weight is 302 g/mol. The monoisotopic (exact) mass is 301 g/mol. The number of nitrogens with one attached hydrogen (secondary N) is 1. The molecule has 2 aromatic carbocycles. The van der Waals surface area contributed by atoms with E-state index < -0.39 is 4.92 Å². The van der Waals surface area contributed by atoms with Crippen molar-refractivity contribution in [2.24, 2.45) is 0 Å². The van der Waals surface area contributed by atoms with Gasteiger partial charge in [0.25, 0.3) is 5.69 Å². The van der Waals surface area contributed by atoms with Crippen molar-refractivity contribution >= 4 is 23.0 Å². The van der Waals surface area contributed by atoms with Crippen LogP contribution in [0.4, 0.5) is 11.4 Å². The Balaban J connectivity index is 2.16. The molecule has 0 bridgehead atoms. The molecule has 1 unspecified atom stereocenters. The number of hydrogen-bond acceptors (Lipinski definition) is 4. The van der Waals surface area contributed by atoms with Crippen molar-refractivity contribution in [2.75, 3.05) is 5.32 Å². The second-order valence-electron chi connectivity index (χ2n) is 4.52. The minimum atomic E-state index is -0.430. The molecule has 0 saturated heterocycles.